The topological polar surface area (TPSA) is 82.5 Å². The van der Waals surface area contributed by atoms with E-state index >= 15 is 0 Å². The Kier molecular flexibility index (Phi) is 7.77. The Morgan fingerprint density at radius 3 is 2.16 bits per heavy atom. The molecule has 3 atom stereocenters. The maximum atomic E-state index is 12.4. The molecule has 1 aliphatic heterocycles. The van der Waals surface area contributed by atoms with Crippen molar-refractivity contribution in [2.24, 2.45) is 0 Å². The first-order valence-corrected chi connectivity index (χ1v) is 17.4. The number of ether oxygens (including phenoxy) is 1. The lowest BCUT2D eigenvalue weighted by Gasteiger charge is -2.40. The number of aromatic amines is 1. The molecular weight excluding hydrogens is 496 g/mol. The van der Waals surface area contributed by atoms with E-state index in [9.17, 15) is 9.59 Å². The van der Waals surface area contributed by atoms with Crippen LogP contribution < -0.4 is 11.2 Å². The summed E-state index contributed by atoms with van der Waals surface area (Å²) in [5, 5.41) is 0.134. The van der Waals surface area contributed by atoms with E-state index in [0.717, 1.165) is 0 Å². The van der Waals surface area contributed by atoms with Crippen molar-refractivity contribution < 1.29 is 13.6 Å². The van der Waals surface area contributed by atoms with Gasteiger partial charge in [-0.3, -0.25) is 14.3 Å². The van der Waals surface area contributed by atoms with Crippen LogP contribution in [-0.2, 0) is 13.6 Å². The minimum absolute atomic E-state index is 0.0494. The highest BCUT2D eigenvalue weighted by molar-refractivity contribution is 9.10. The Morgan fingerprint density at radius 2 is 1.65 bits per heavy atom. The summed E-state index contributed by atoms with van der Waals surface area (Å²) in [6.45, 7) is 22.5. The minimum Gasteiger partial charge on any atom is -0.414 e. The van der Waals surface area contributed by atoms with E-state index in [2.05, 4.69) is 88.6 Å². The van der Waals surface area contributed by atoms with Gasteiger partial charge in [-0.1, -0.05) is 41.5 Å². The van der Waals surface area contributed by atoms with Gasteiger partial charge in [0.2, 0.25) is 0 Å². The van der Waals surface area contributed by atoms with Crippen LogP contribution >= 0.6 is 15.9 Å². The number of halogens is 1. The van der Waals surface area contributed by atoms with Gasteiger partial charge in [-0.2, -0.15) is 0 Å². The van der Waals surface area contributed by atoms with E-state index in [1.165, 1.54) is 10.8 Å². The second-order valence-electron chi connectivity index (χ2n) is 11.5. The van der Waals surface area contributed by atoms with Crippen LogP contribution in [-0.4, -0.2) is 45.0 Å². The molecule has 0 radical (unpaired) electrons. The van der Waals surface area contributed by atoms with Crippen LogP contribution in [0.3, 0.4) is 0 Å². The van der Waals surface area contributed by atoms with E-state index in [1.54, 1.807) is 0 Å². The molecule has 31 heavy (non-hydrogen) atoms. The molecule has 1 fully saturated rings. The summed E-state index contributed by atoms with van der Waals surface area (Å²) >= 11 is 3.21. The number of hydrogen-bond donors (Lipinski definition) is 1. The van der Waals surface area contributed by atoms with Gasteiger partial charge in [-0.05, 0) is 52.2 Å². The van der Waals surface area contributed by atoms with Gasteiger partial charge in [0.25, 0.3) is 5.56 Å². The molecule has 3 unspecified atom stereocenters. The van der Waals surface area contributed by atoms with Gasteiger partial charge in [0.1, 0.15) is 12.3 Å². The molecule has 1 aromatic rings. The molecule has 10 heteroatoms. The second-order valence-corrected chi connectivity index (χ2v) is 21.9. The van der Waals surface area contributed by atoms with E-state index in [4.69, 9.17) is 13.6 Å². The Balaban J connectivity index is 2.32. The average Bonchev–Trinajstić information content (AvgIpc) is 2.96. The SMILES string of the molecule is CC(C)(C)[Si](C)(C)OCC1OC(n2cc(Br)c(=O)[nH]c2=O)CC1O[Si](C)(C)C(C)(C)C. The van der Waals surface area contributed by atoms with Crippen molar-refractivity contribution in [2.75, 3.05) is 6.61 Å². The maximum Gasteiger partial charge on any atom is 0.330 e. The van der Waals surface area contributed by atoms with Crippen molar-refractivity contribution in [3.8, 4) is 0 Å². The Morgan fingerprint density at radius 1 is 1.10 bits per heavy atom. The van der Waals surface area contributed by atoms with Crippen LogP contribution in [0.15, 0.2) is 20.3 Å². The second kappa shape index (κ2) is 9.02. The summed E-state index contributed by atoms with van der Waals surface area (Å²) in [4.78, 5) is 26.5. The molecule has 178 valence electrons. The van der Waals surface area contributed by atoms with Crippen LogP contribution in [0.2, 0.25) is 36.3 Å². The van der Waals surface area contributed by atoms with Crippen LogP contribution in [0.25, 0.3) is 0 Å². The molecule has 1 aliphatic rings. The fraction of sp³-hybridized carbons (Fsp3) is 0.810. The Bertz CT molecular complexity index is 899. The highest BCUT2D eigenvalue weighted by Gasteiger charge is 2.46. The molecule has 1 saturated heterocycles. The summed E-state index contributed by atoms with van der Waals surface area (Å²) in [6.07, 6.45) is 1.02. The zero-order chi connectivity index (χ0) is 24.0. The van der Waals surface area contributed by atoms with Gasteiger partial charge < -0.3 is 13.6 Å². The molecule has 0 aromatic carbocycles. The highest BCUT2D eigenvalue weighted by Crippen LogP contribution is 2.42. The van der Waals surface area contributed by atoms with Gasteiger partial charge >= 0.3 is 5.69 Å². The minimum atomic E-state index is -2.07. The smallest absolute Gasteiger partial charge is 0.330 e. The molecule has 0 aliphatic carbocycles. The summed E-state index contributed by atoms with van der Waals surface area (Å²) in [5.41, 5.74) is -0.943. The van der Waals surface area contributed by atoms with Gasteiger partial charge in [-0.15, -0.1) is 0 Å². The van der Waals surface area contributed by atoms with E-state index in [0.29, 0.717) is 17.5 Å². The van der Waals surface area contributed by atoms with E-state index in [1.807, 2.05) is 0 Å². The molecule has 1 N–H and O–H groups in total. The normalized spacial score (nSPS) is 23.4. The third-order valence-electron chi connectivity index (χ3n) is 7.08. The fourth-order valence-electron chi connectivity index (χ4n) is 2.88. The molecule has 2 heterocycles. The Hall–Kier alpha value is -0.526. The van der Waals surface area contributed by atoms with Crippen molar-refractivity contribution in [2.45, 2.75) is 103 Å². The van der Waals surface area contributed by atoms with Crippen molar-refractivity contribution >= 4 is 32.6 Å². The molecule has 1 aromatic heterocycles. The number of aromatic nitrogens is 2. The zero-order valence-corrected chi connectivity index (χ0v) is 24.2. The monoisotopic (exact) mass is 534 g/mol. The summed E-state index contributed by atoms with van der Waals surface area (Å²) < 4.78 is 21.2. The van der Waals surface area contributed by atoms with Crippen LogP contribution in [0.4, 0.5) is 0 Å². The largest absolute Gasteiger partial charge is 0.414 e. The predicted octanol–water partition coefficient (Wildman–Crippen LogP) is 5.00. The molecular formula is C21H39BrN2O5Si2. The van der Waals surface area contributed by atoms with Crippen molar-refractivity contribution in [3.05, 3.63) is 31.5 Å². The number of hydrogen-bond acceptors (Lipinski definition) is 5. The number of rotatable bonds is 6. The highest BCUT2D eigenvalue weighted by atomic mass is 79.9. The number of H-pyrrole nitrogens is 1. The molecule has 0 bridgehead atoms. The van der Waals surface area contributed by atoms with Crippen LogP contribution in [0.1, 0.15) is 54.2 Å². The molecule has 0 amide bonds. The van der Waals surface area contributed by atoms with Crippen molar-refractivity contribution in [1.29, 1.82) is 0 Å². The number of nitrogens with one attached hydrogen (secondary N) is 1. The zero-order valence-electron chi connectivity index (χ0n) is 20.6. The Labute approximate surface area is 196 Å². The summed E-state index contributed by atoms with van der Waals surface area (Å²) in [6, 6.07) is 0. The predicted molar refractivity (Wildman–Crippen MR) is 133 cm³/mol. The van der Waals surface area contributed by atoms with Gasteiger partial charge in [0.15, 0.2) is 16.6 Å². The quantitative estimate of drug-likeness (QED) is 0.519. The van der Waals surface area contributed by atoms with Gasteiger partial charge in [-0.25, -0.2) is 4.79 Å². The standard InChI is InChI=1S/C21H39BrN2O5Si2/c1-20(2,3)30(7,8)27-13-16-15(29-31(9,10)21(4,5)6)11-17(28-16)24-12-14(22)18(25)23-19(24)26/h12,15-17H,11,13H2,1-10H3,(H,23,25,26). The van der Waals surface area contributed by atoms with Gasteiger partial charge in [0, 0.05) is 12.6 Å². The molecule has 2 rings (SSSR count). The average molecular weight is 536 g/mol. The van der Waals surface area contributed by atoms with Crippen molar-refractivity contribution in [1.82, 2.24) is 9.55 Å². The van der Waals surface area contributed by atoms with E-state index in [-0.39, 0.29) is 22.3 Å². The lowest BCUT2D eigenvalue weighted by atomic mass is 10.2. The third-order valence-corrected chi connectivity index (χ3v) is 16.7. The molecule has 7 nitrogen and oxygen atoms in total. The summed E-state index contributed by atoms with van der Waals surface area (Å²) in [7, 11) is -4.04. The first-order valence-electron chi connectivity index (χ1n) is 10.8. The first kappa shape index (κ1) is 26.7. The number of nitrogens with zero attached hydrogens (tertiary/aromatic N) is 1. The lowest BCUT2D eigenvalue weighted by molar-refractivity contribution is -0.0413. The first-order chi connectivity index (χ1) is 13.9. The van der Waals surface area contributed by atoms with Crippen LogP contribution in [0.5, 0.6) is 0 Å². The van der Waals surface area contributed by atoms with Crippen molar-refractivity contribution in [3.63, 3.8) is 0 Å². The van der Waals surface area contributed by atoms with Gasteiger partial charge in [0.05, 0.1) is 17.2 Å². The molecule has 0 saturated carbocycles. The van der Waals surface area contributed by atoms with Crippen LogP contribution in [0, 0.1) is 0 Å². The maximum absolute atomic E-state index is 12.4. The fourth-order valence-corrected chi connectivity index (χ4v) is 5.57. The van der Waals surface area contributed by atoms with E-state index < -0.39 is 34.1 Å². The molecule has 0 spiro atoms. The third kappa shape index (κ3) is 6.08. The summed E-state index contributed by atoms with van der Waals surface area (Å²) in [5.74, 6) is 0. The lowest BCUT2D eigenvalue weighted by Crippen LogP contribution is -2.48.